The summed E-state index contributed by atoms with van der Waals surface area (Å²) in [6.07, 6.45) is 4.33. The van der Waals surface area contributed by atoms with Crippen LogP contribution in [-0.2, 0) is 0 Å². The van der Waals surface area contributed by atoms with E-state index in [-0.39, 0.29) is 11.4 Å². The smallest absolute Gasteiger partial charge is 0.254 e. The number of nitrogens with zero attached hydrogens (tertiary/aromatic N) is 1. The molecule has 0 saturated heterocycles. The van der Waals surface area contributed by atoms with Gasteiger partial charge in [-0.1, -0.05) is 13.8 Å². The highest BCUT2D eigenvalue weighted by Gasteiger charge is 2.16. The van der Waals surface area contributed by atoms with E-state index in [2.05, 4.69) is 15.6 Å². The van der Waals surface area contributed by atoms with Gasteiger partial charge < -0.3 is 10.6 Å². The number of aromatic nitrogens is 1. The Kier molecular flexibility index (Phi) is 7.36. The Balaban J connectivity index is 2.68. The molecule has 1 atom stereocenters. The fraction of sp³-hybridized carbons (Fsp3) is 0.571. The SMILES string of the molecule is CCCNc1nccc(C(=O)NCC(C)CSC)c1F. The molecule has 1 rings (SSSR count). The Hall–Kier alpha value is -1.30. The second kappa shape index (κ2) is 8.79. The van der Waals surface area contributed by atoms with Crippen LogP contribution in [0.4, 0.5) is 10.2 Å². The number of pyridine rings is 1. The molecule has 0 fully saturated rings. The van der Waals surface area contributed by atoms with E-state index in [4.69, 9.17) is 0 Å². The van der Waals surface area contributed by atoms with Crippen LogP contribution in [0.2, 0.25) is 0 Å². The molecular weight excluding hydrogens is 277 g/mol. The molecule has 1 amide bonds. The molecule has 0 aliphatic carbocycles. The normalized spacial score (nSPS) is 12.0. The van der Waals surface area contributed by atoms with Gasteiger partial charge in [-0.2, -0.15) is 11.8 Å². The molecule has 0 aliphatic rings. The van der Waals surface area contributed by atoms with E-state index in [1.54, 1.807) is 11.8 Å². The van der Waals surface area contributed by atoms with Crippen molar-refractivity contribution >= 4 is 23.5 Å². The number of carbonyl (C=O) groups excluding carboxylic acids is 1. The first-order valence-corrected chi connectivity index (χ1v) is 8.15. The van der Waals surface area contributed by atoms with E-state index in [0.717, 1.165) is 12.2 Å². The molecule has 2 N–H and O–H groups in total. The minimum absolute atomic E-state index is 0.0370. The van der Waals surface area contributed by atoms with Crippen LogP contribution < -0.4 is 10.6 Å². The molecule has 6 heteroatoms. The third kappa shape index (κ3) is 5.00. The molecule has 1 unspecified atom stereocenters. The third-order valence-electron chi connectivity index (χ3n) is 2.74. The summed E-state index contributed by atoms with van der Waals surface area (Å²) in [6, 6.07) is 1.40. The summed E-state index contributed by atoms with van der Waals surface area (Å²) < 4.78 is 14.1. The van der Waals surface area contributed by atoms with Gasteiger partial charge in [0.1, 0.15) is 0 Å². The van der Waals surface area contributed by atoms with Crippen molar-refractivity contribution in [3.63, 3.8) is 0 Å². The molecule has 0 spiro atoms. The minimum Gasteiger partial charge on any atom is -0.368 e. The molecule has 0 radical (unpaired) electrons. The van der Waals surface area contributed by atoms with Crippen molar-refractivity contribution in [2.75, 3.05) is 30.4 Å². The van der Waals surface area contributed by atoms with E-state index in [0.29, 0.717) is 19.0 Å². The van der Waals surface area contributed by atoms with Crippen molar-refractivity contribution in [3.8, 4) is 0 Å². The number of hydrogen-bond donors (Lipinski definition) is 2. The number of amides is 1. The van der Waals surface area contributed by atoms with Gasteiger partial charge in [-0.05, 0) is 30.4 Å². The largest absolute Gasteiger partial charge is 0.368 e. The van der Waals surface area contributed by atoms with Crippen molar-refractivity contribution in [1.82, 2.24) is 10.3 Å². The molecule has 0 aromatic carbocycles. The average molecular weight is 299 g/mol. The van der Waals surface area contributed by atoms with Gasteiger partial charge in [0, 0.05) is 19.3 Å². The van der Waals surface area contributed by atoms with Crippen LogP contribution in [0.15, 0.2) is 12.3 Å². The quantitative estimate of drug-likeness (QED) is 0.775. The standard InChI is InChI=1S/C14H22FN3OS/c1-4-6-16-13-12(15)11(5-7-17-13)14(19)18-8-10(2)9-20-3/h5,7,10H,4,6,8-9H2,1-3H3,(H,16,17)(H,18,19). The maximum absolute atomic E-state index is 14.1. The summed E-state index contributed by atoms with van der Waals surface area (Å²) in [5, 5.41) is 5.63. The number of hydrogen-bond acceptors (Lipinski definition) is 4. The van der Waals surface area contributed by atoms with Gasteiger partial charge in [0.15, 0.2) is 11.6 Å². The van der Waals surface area contributed by atoms with Crippen molar-refractivity contribution in [2.45, 2.75) is 20.3 Å². The molecular formula is C14H22FN3OS. The van der Waals surface area contributed by atoms with Crippen molar-refractivity contribution in [2.24, 2.45) is 5.92 Å². The highest BCUT2D eigenvalue weighted by atomic mass is 32.2. The van der Waals surface area contributed by atoms with Crippen molar-refractivity contribution in [3.05, 3.63) is 23.6 Å². The lowest BCUT2D eigenvalue weighted by atomic mass is 10.2. The van der Waals surface area contributed by atoms with Crippen LogP contribution in [0, 0.1) is 11.7 Å². The maximum atomic E-state index is 14.1. The number of nitrogens with one attached hydrogen (secondary N) is 2. The fourth-order valence-electron chi connectivity index (χ4n) is 1.69. The summed E-state index contributed by atoms with van der Waals surface area (Å²) in [5.41, 5.74) is 0.0370. The molecule has 0 aliphatic heterocycles. The molecule has 4 nitrogen and oxygen atoms in total. The number of thioether (sulfide) groups is 1. The first kappa shape index (κ1) is 16.8. The average Bonchev–Trinajstić information content (AvgIpc) is 2.44. The lowest BCUT2D eigenvalue weighted by Crippen LogP contribution is -2.30. The van der Waals surface area contributed by atoms with Crippen LogP contribution in [-0.4, -0.2) is 36.0 Å². The van der Waals surface area contributed by atoms with Gasteiger partial charge in [0.25, 0.3) is 5.91 Å². The van der Waals surface area contributed by atoms with E-state index < -0.39 is 11.7 Å². The predicted molar refractivity (Wildman–Crippen MR) is 82.9 cm³/mol. The van der Waals surface area contributed by atoms with E-state index in [1.807, 2.05) is 20.1 Å². The fourth-order valence-corrected chi connectivity index (χ4v) is 2.38. The highest BCUT2D eigenvalue weighted by molar-refractivity contribution is 7.98. The maximum Gasteiger partial charge on any atom is 0.254 e. The number of rotatable bonds is 8. The minimum atomic E-state index is -0.587. The first-order chi connectivity index (χ1) is 9.60. The molecule has 1 aromatic rings. The summed E-state index contributed by atoms with van der Waals surface area (Å²) in [7, 11) is 0. The summed E-state index contributed by atoms with van der Waals surface area (Å²) >= 11 is 1.73. The highest BCUT2D eigenvalue weighted by Crippen LogP contribution is 2.15. The van der Waals surface area contributed by atoms with Gasteiger partial charge in [-0.25, -0.2) is 9.37 Å². The second-order valence-electron chi connectivity index (χ2n) is 4.72. The second-order valence-corrected chi connectivity index (χ2v) is 5.63. The predicted octanol–water partition coefficient (Wildman–Crippen LogP) is 2.77. The van der Waals surface area contributed by atoms with E-state index in [9.17, 15) is 9.18 Å². The Morgan fingerprint density at radius 3 is 2.95 bits per heavy atom. The Bertz CT molecular complexity index is 442. The third-order valence-corrected chi connectivity index (χ3v) is 3.64. The van der Waals surface area contributed by atoms with Crippen LogP contribution in [0.1, 0.15) is 30.6 Å². The monoisotopic (exact) mass is 299 g/mol. The van der Waals surface area contributed by atoms with Crippen LogP contribution in [0.5, 0.6) is 0 Å². The van der Waals surface area contributed by atoms with Gasteiger partial charge >= 0.3 is 0 Å². The van der Waals surface area contributed by atoms with Crippen LogP contribution >= 0.6 is 11.8 Å². The Morgan fingerprint density at radius 2 is 2.30 bits per heavy atom. The summed E-state index contributed by atoms with van der Waals surface area (Å²) in [5.74, 6) is 0.476. The molecule has 0 saturated carbocycles. The molecule has 0 bridgehead atoms. The number of anilines is 1. The van der Waals surface area contributed by atoms with E-state index >= 15 is 0 Å². The van der Waals surface area contributed by atoms with Crippen molar-refractivity contribution < 1.29 is 9.18 Å². The molecule has 20 heavy (non-hydrogen) atoms. The summed E-state index contributed by atoms with van der Waals surface area (Å²) in [4.78, 5) is 15.9. The van der Waals surface area contributed by atoms with Crippen molar-refractivity contribution in [1.29, 1.82) is 0 Å². The van der Waals surface area contributed by atoms with Gasteiger partial charge in [0.2, 0.25) is 0 Å². The Morgan fingerprint density at radius 1 is 1.55 bits per heavy atom. The zero-order valence-corrected chi connectivity index (χ0v) is 13.0. The lowest BCUT2D eigenvalue weighted by Gasteiger charge is -2.12. The first-order valence-electron chi connectivity index (χ1n) is 6.75. The van der Waals surface area contributed by atoms with Crippen LogP contribution in [0.25, 0.3) is 0 Å². The molecule has 112 valence electrons. The summed E-state index contributed by atoms with van der Waals surface area (Å²) in [6.45, 7) is 5.20. The topological polar surface area (TPSA) is 54.0 Å². The zero-order chi connectivity index (χ0) is 15.0. The molecule has 1 aromatic heterocycles. The number of carbonyl (C=O) groups is 1. The number of halogens is 1. The van der Waals surface area contributed by atoms with Gasteiger partial charge in [-0.3, -0.25) is 4.79 Å². The van der Waals surface area contributed by atoms with Gasteiger partial charge in [-0.15, -0.1) is 0 Å². The zero-order valence-electron chi connectivity index (χ0n) is 12.2. The lowest BCUT2D eigenvalue weighted by molar-refractivity contribution is 0.0945. The van der Waals surface area contributed by atoms with E-state index in [1.165, 1.54) is 12.3 Å². The Labute approximate surface area is 123 Å². The molecule has 1 heterocycles. The van der Waals surface area contributed by atoms with Crippen LogP contribution in [0.3, 0.4) is 0 Å². The van der Waals surface area contributed by atoms with Gasteiger partial charge in [0.05, 0.1) is 5.56 Å².